The van der Waals surface area contributed by atoms with E-state index in [1.54, 1.807) is 7.11 Å². The molecular weight excluding hydrogens is 316 g/mol. The summed E-state index contributed by atoms with van der Waals surface area (Å²) in [5.41, 5.74) is 7.63. The molecule has 138 valence electrons. The van der Waals surface area contributed by atoms with Gasteiger partial charge in [-0.25, -0.2) is 5.43 Å². The van der Waals surface area contributed by atoms with Gasteiger partial charge < -0.3 is 14.5 Å². The fourth-order valence-corrected chi connectivity index (χ4v) is 3.75. The van der Waals surface area contributed by atoms with Crippen molar-refractivity contribution < 1.29 is 9.53 Å². The highest BCUT2D eigenvalue weighted by molar-refractivity contribution is 5.82. The number of hydrogen-bond donors (Lipinski definition) is 2. The number of amides is 1. The fourth-order valence-electron chi connectivity index (χ4n) is 3.75. The van der Waals surface area contributed by atoms with Crippen LogP contribution in [0, 0.1) is 0 Å². The van der Waals surface area contributed by atoms with Crippen molar-refractivity contribution in [2.24, 2.45) is 0 Å². The van der Waals surface area contributed by atoms with Gasteiger partial charge in [0.2, 0.25) is 5.91 Å². The van der Waals surface area contributed by atoms with Crippen LogP contribution in [0.4, 0.5) is 5.69 Å². The summed E-state index contributed by atoms with van der Waals surface area (Å²) in [4.78, 5) is 17.2. The minimum atomic E-state index is -0.0834. The highest BCUT2D eigenvalue weighted by atomic mass is 16.5. The summed E-state index contributed by atoms with van der Waals surface area (Å²) in [6.45, 7) is 5.60. The molecule has 2 unspecified atom stereocenters. The normalized spacial score (nSPS) is 24.2. The summed E-state index contributed by atoms with van der Waals surface area (Å²) in [6.07, 6.45) is 4.13. The van der Waals surface area contributed by atoms with E-state index in [0.29, 0.717) is 6.04 Å². The second-order valence-electron chi connectivity index (χ2n) is 6.93. The fraction of sp³-hybridized carbons (Fsp3) is 0.632. The van der Waals surface area contributed by atoms with E-state index in [4.69, 9.17) is 4.74 Å². The summed E-state index contributed by atoms with van der Waals surface area (Å²) in [5.74, 6) is 1.11. The molecule has 2 aliphatic heterocycles. The molecule has 25 heavy (non-hydrogen) atoms. The van der Waals surface area contributed by atoms with Crippen LogP contribution >= 0.6 is 0 Å². The molecule has 0 aliphatic carbocycles. The Balaban J connectivity index is 1.57. The number of carbonyl (C=O) groups is 1. The summed E-state index contributed by atoms with van der Waals surface area (Å²) in [7, 11) is 1.69. The Labute approximate surface area is 150 Å². The van der Waals surface area contributed by atoms with Gasteiger partial charge in [-0.15, -0.1) is 0 Å². The van der Waals surface area contributed by atoms with Crippen molar-refractivity contribution in [2.45, 2.75) is 44.7 Å². The van der Waals surface area contributed by atoms with Crippen LogP contribution in [0.2, 0.25) is 0 Å². The average molecular weight is 346 g/mol. The molecule has 2 aliphatic rings. The first kappa shape index (κ1) is 18.0. The van der Waals surface area contributed by atoms with Crippen molar-refractivity contribution in [3.63, 3.8) is 0 Å². The number of ether oxygens (including phenoxy) is 1. The number of rotatable bonds is 5. The number of hydrogen-bond acceptors (Lipinski definition) is 5. The van der Waals surface area contributed by atoms with Gasteiger partial charge >= 0.3 is 0 Å². The van der Waals surface area contributed by atoms with E-state index in [2.05, 4.69) is 34.8 Å². The van der Waals surface area contributed by atoms with Gasteiger partial charge in [-0.05, 0) is 31.4 Å². The second-order valence-corrected chi connectivity index (χ2v) is 6.93. The van der Waals surface area contributed by atoms with Crippen LogP contribution in [0.15, 0.2) is 24.3 Å². The van der Waals surface area contributed by atoms with Crippen molar-refractivity contribution in [2.75, 3.05) is 38.2 Å². The maximum Gasteiger partial charge on any atom is 0.241 e. The first-order chi connectivity index (χ1) is 12.2. The van der Waals surface area contributed by atoms with Crippen LogP contribution in [0.5, 0.6) is 5.75 Å². The smallest absolute Gasteiger partial charge is 0.241 e. The standard InChI is InChI=1S/C19H30N4O2/c1-3-6-15-13-18(21-20-15)19(24)23-10-5-9-22(11-12-23)16-7-4-8-17(14-16)25-2/h4,7-8,14-15,18,20-21H,3,5-6,9-13H2,1-2H3. The molecule has 1 aromatic carbocycles. The zero-order valence-corrected chi connectivity index (χ0v) is 15.3. The van der Waals surface area contributed by atoms with Crippen molar-refractivity contribution >= 4 is 11.6 Å². The van der Waals surface area contributed by atoms with Crippen molar-refractivity contribution in [3.8, 4) is 5.75 Å². The number of carbonyl (C=O) groups excluding carboxylic acids is 1. The van der Waals surface area contributed by atoms with Crippen molar-refractivity contribution in [3.05, 3.63) is 24.3 Å². The molecule has 1 amide bonds. The molecule has 2 saturated heterocycles. The van der Waals surface area contributed by atoms with Crippen LogP contribution in [0.1, 0.15) is 32.6 Å². The van der Waals surface area contributed by atoms with E-state index in [9.17, 15) is 4.79 Å². The molecule has 6 nitrogen and oxygen atoms in total. The Morgan fingerprint density at radius 3 is 2.92 bits per heavy atom. The molecule has 0 aromatic heterocycles. The number of hydrazine groups is 1. The third-order valence-electron chi connectivity index (χ3n) is 5.14. The van der Waals surface area contributed by atoms with Crippen LogP contribution in [-0.4, -0.2) is 56.2 Å². The largest absolute Gasteiger partial charge is 0.497 e. The number of methoxy groups -OCH3 is 1. The number of nitrogens with zero attached hydrogens (tertiary/aromatic N) is 2. The minimum Gasteiger partial charge on any atom is -0.497 e. The highest BCUT2D eigenvalue weighted by Gasteiger charge is 2.32. The van der Waals surface area contributed by atoms with Gasteiger partial charge in [0, 0.05) is 44.0 Å². The SMILES string of the molecule is CCCC1CC(C(=O)N2CCCN(c3cccc(OC)c3)CC2)NN1. The van der Waals surface area contributed by atoms with E-state index in [1.165, 1.54) is 0 Å². The molecule has 3 rings (SSSR count). The molecule has 2 fully saturated rings. The topological polar surface area (TPSA) is 56.8 Å². The molecule has 2 N–H and O–H groups in total. The lowest BCUT2D eigenvalue weighted by molar-refractivity contribution is -0.133. The van der Waals surface area contributed by atoms with Gasteiger partial charge in [-0.3, -0.25) is 10.2 Å². The Hall–Kier alpha value is -1.79. The van der Waals surface area contributed by atoms with Gasteiger partial charge in [-0.1, -0.05) is 19.4 Å². The Morgan fingerprint density at radius 1 is 1.24 bits per heavy atom. The van der Waals surface area contributed by atoms with E-state index in [-0.39, 0.29) is 11.9 Å². The quantitative estimate of drug-likeness (QED) is 0.851. The molecule has 0 saturated carbocycles. The second kappa shape index (κ2) is 8.54. The van der Waals surface area contributed by atoms with Crippen LogP contribution in [0.3, 0.4) is 0 Å². The minimum absolute atomic E-state index is 0.0834. The first-order valence-corrected chi connectivity index (χ1v) is 9.40. The lowest BCUT2D eigenvalue weighted by atomic mass is 10.1. The van der Waals surface area contributed by atoms with Gasteiger partial charge in [-0.2, -0.15) is 0 Å². The summed E-state index contributed by atoms with van der Waals surface area (Å²) in [6, 6.07) is 8.48. The summed E-state index contributed by atoms with van der Waals surface area (Å²) < 4.78 is 5.33. The predicted octanol–water partition coefficient (Wildman–Crippen LogP) is 1.77. The Bertz CT molecular complexity index is 580. The lowest BCUT2D eigenvalue weighted by Crippen LogP contribution is -2.47. The number of nitrogens with one attached hydrogen (secondary N) is 2. The lowest BCUT2D eigenvalue weighted by Gasteiger charge is -2.25. The first-order valence-electron chi connectivity index (χ1n) is 9.40. The summed E-state index contributed by atoms with van der Waals surface area (Å²) >= 11 is 0. The Morgan fingerprint density at radius 2 is 2.12 bits per heavy atom. The van der Waals surface area contributed by atoms with E-state index < -0.39 is 0 Å². The zero-order valence-electron chi connectivity index (χ0n) is 15.3. The van der Waals surface area contributed by atoms with Crippen molar-refractivity contribution in [1.82, 2.24) is 15.8 Å². The van der Waals surface area contributed by atoms with Gasteiger partial charge in [0.05, 0.1) is 7.11 Å². The van der Waals surface area contributed by atoms with Crippen LogP contribution < -0.4 is 20.5 Å². The maximum absolute atomic E-state index is 12.8. The average Bonchev–Trinajstić information content (AvgIpc) is 2.97. The van der Waals surface area contributed by atoms with Crippen LogP contribution in [-0.2, 0) is 4.79 Å². The molecule has 0 bridgehead atoms. The summed E-state index contributed by atoms with van der Waals surface area (Å²) in [5, 5.41) is 0. The van der Waals surface area contributed by atoms with Crippen molar-refractivity contribution in [1.29, 1.82) is 0 Å². The van der Waals surface area contributed by atoms with Gasteiger partial charge in [0.1, 0.15) is 11.8 Å². The van der Waals surface area contributed by atoms with E-state index in [1.807, 2.05) is 17.0 Å². The number of benzene rings is 1. The zero-order chi connectivity index (χ0) is 17.6. The third kappa shape index (κ3) is 4.44. The molecule has 0 radical (unpaired) electrons. The molecular formula is C19H30N4O2. The molecule has 2 heterocycles. The molecule has 0 spiro atoms. The van der Waals surface area contributed by atoms with Gasteiger partial charge in [0.15, 0.2) is 0 Å². The number of anilines is 1. The highest BCUT2D eigenvalue weighted by Crippen LogP contribution is 2.22. The maximum atomic E-state index is 12.8. The monoisotopic (exact) mass is 346 g/mol. The van der Waals surface area contributed by atoms with E-state index >= 15 is 0 Å². The van der Waals surface area contributed by atoms with Crippen LogP contribution in [0.25, 0.3) is 0 Å². The Kier molecular flexibility index (Phi) is 6.15. The van der Waals surface area contributed by atoms with Gasteiger partial charge in [0.25, 0.3) is 0 Å². The molecule has 6 heteroatoms. The van der Waals surface area contributed by atoms with E-state index in [0.717, 1.165) is 63.3 Å². The molecule has 2 atom stereocenters. The molecule has 1 aromatic rings. The third-order valence-corrected chi connectivity index (χ3v) is 5.14. The predicted molar refractivity (Wildman–Crippen MR) is 99.8 cm³/mol.